The van der Waals surface area contributed by atoms with E-state index in [4.69, 9.17) is 4.98 Å². The zero-order valence-corrected chi connectivity index (χ0v) is 20.9. The fourth-order valence-electron chi connectivity index (χ4n) is 7.03. The molecule has 7 rings (SSSR count). The lowest BCUT2D eigenvalue weighted by Gasteiger charge is -2.56. The van der Waals surface area contributed by atoms with E-state index >= 15 is 0 Å². The van der Waals surface area contributed by atoms with Crippen LogP contribution in [0, 0.1) is 17.8 Å². The summed E-state index contributed by atoms with van der Waals surface area (Å²) < 4.78 is 0. The number of imidazole rings is 1. The lowest BCUT2D eigenvalue weighted by atomic mass is 9.53. The van der Waals surface area contributed by atoms with E-state index in [0.717, 1.165) is 57.6 Å². The molecule has 4 aliphatic carbocycles. The van der Waals surface area contributed by atoms with Crippen LogP contribution in [0.5, 0.6) is 0 Å². The number of hydrogen-bond acceptors (Lipinski definition) is 3. The minimum Gasteiger partial charge on any atom is -0.338 e. The van der Waals surface area contributed by atoms with Crippen molar-refractivity contribution in [3.05, 3.63) is 60.7 Å². The number of nitrogens with zero attached hydrogens (tertiary/aromatic N) is 1. The number of benzene rings is 2. The van der Waals surface area contributed by atoms with Gasteiger partial charge in [-0.05, 0) is 62.7 Å². The maximum Gasteiger partial charge on any atom is 0.315 e. The third kappa shape index (κ3) is 4.99. The molecule has 35 heavy (non-hydrogen) atoms. The van der Waals surface area contributed by atoms with Crippen molar-refractivity contribution in [3.63, 3.8) is 0 Å². The Morgan fingerprint density at radius 3 is 2.14 bits per heavy atom. The molecule has 4 saturated carbocycles. The van der Waals surface area contributed by atoms with Gasteiger partial charge in [0.2, 0.25) is 0 Å². The number of carbonyl (C=O) groups is 1. The number of amides is 2. The summed E-state index contributed by atoms with van der Waals surface area (Å²) in [5.74, 6) is 3.42. The van der Waals surface area contributed by atoms with Crippen molar-refractivity contribution in [1.82, 2.24) is 20.6 Å². The largest absolute Gasteiger partial charge is 0.338 e. The van der Waals surface area contributed by atoms with E-state index in [1.807, 2.05) is 24.3 Å². The number of hydrogen-bond donors (Lipinski definition) is 3. The molecule has 0 aliphatic heterocycles. The lowest BCUT2D eigenvalue weighted by molar-refractivity contribution is -0.0135. The van der Waals surface area contributed by atoms with Crippen molar-refractivity contribution in [2.75, 3.05) is 12.3 Å². The Balaban J connectivity index is 1.02. The van der Waals surface area contributed by atoms with Gasteiger partial charge in [0.05, 0.1) is 11.4 Å². The molecule has 4 fully saturated rings. The second-order valence-electron chi connectivity index (χ2n) is 10.8. The van der Waals surface area contributed by atoms with E-state index < -0.39 is 0 Å². The molecule has 182 valence electrons. The first kappa shape index (κ1) is 22.7. The Hall–Kier alpha value is -2.73. The van der Waals surface area contributed by atoms with Crippen LogP contribution in [-0.2, 0) is 0 Å². The number of urea groups is 1. The minimum absolute atomic E-state index is 0.0210. The smallest absolute Gasteiger partial charge is 0.315 e. The molecule has 2 amide bonds. The van der Waals surface area contributed by atoms with Crippen LogP contribution in [-0.4, -0.2) is 33.8 Å². The maximum absolute atomic E-state index is 12.7. The van der Waals surface area contributed by atoms with Crippen molar-refractivity contribution in [2.45, 2.75) is 55.6 Å². The molecule has 3 aromatic rings. The topological polar surface area (TPSA) is 69.8 Å². The van der Waals surface area contributed by atoms with Gasteiger partial charge in [0.15, 0.2) is 5.16 Å². The first-order valence-electron chi connectivity index (χ1n) is 13.1. The second-order valence-corrected chi connectivity index (χ2v) is 11.9. The van der Waals surface area contributed by atoms with E-state index in [9.17, 15) is 4.79 Å². The number of thioether (sulfide) groups is 1. The van der Waals surface area contributed by atoms with E-state index in [-0.39, 0.29) is 11.6 Å². The van der Waals surface area contributed by atoms with Crippen molar-refractivity contribution in [3.8, 4) is 22.5 Å². The van der Waals surface area contributed by atoms with Crippen LogP contribution in [0.1, 0.15) is 44.9 Å². The molecule has 5 nitrogen and oxygen atoms in total. The highest BCUT2D eigenvalue weighted by Gasteiger charge is 2.51. The summed E-state index contributed by atoms with van der Waals surface area (Å²) in [6, 6.07) is 20.7. The van der Waals surface area contributed by atoms with Gasteiger partial charge in [-0.25, -0.2) is 9.78 Å². The molecule has 3 N–H and O–H groups in total. The fourth-order valence-corrected chi connectivity index (χ4v) is 7.84. The molecule has 2 aromatic carbocycles. The van der Waals surface area contributed by atoms with Gasteiger partial charge in [-0.3, -0.25) is 0 Å². The summed E-state index contributed by atoms with van der Waals surface area (Å²) in [6.45, 7) is 0.684. The Morgan fingerprint density at radius 2 is 1.51 bits per heavy atom. The number of carbonyl (C=O) groups excluding carboxylic acids is 1. The summed E-state index contributed by atoms with van der Waals surface area (Å²) in [6.07, 6.45) is 8.65. The van der Waals surface area contributed by atoms with Gasteiger partial charge in [-0.2, -0.15) is 0 Å². The molecule has 4 aliphatic rings. The van der Waals surface area contributed by atoms with E-state index in [0.29, 0.717) is 6.54 Å². The zero-order chi connectivity index (χ0) is 23.7. The first-order valence-corrected chi connectivity index (χ1v) is 14.0. The van der Waals surface area contributed by atoms with Crippen molar-refractivity contribution in [1.29, 1.82) is 0 Å². The normalized spacial score (nSPS) is 26.6. The zero-order valence-electron chi connectivity index (χ0n) is 20.1. The molecule has 0 spiro atoms. The molecule has 0 radical (unpaired) electrons. The predicted molar refractivity (Wildman–Crippen MR) is 142 cm³/mol. The van der Waals surface area contributed by atoms with E-state index in [1.54, 1.807) is 11.8 Å². The summed E-state index contributed by atoms with van der Waals surface area (Å²) >= 11 is 1.71. The molecule has 0 saturated heterocycles. The first-order chi connectivity index (χ1) is 17.2. The number of rotatable bonds is 8. The average molecular weight is 487 g/mol. The van der Waals surface area contributed by atoms with Crippen molar-refractivity contribution >= 4 is 17.8 Å². The molecular formula is C29H34N4OS. The molecule has 1 heterocycles. The van der Waals surface area contributed by atoms with Crippen molar-refractivity contribution < 1.29 is 4.79 Å². The van der Waals surface area contributed by atoms with Crippen LogP contribution in [0.4, 0.5) is 4.79 Å². The molecule has 4 bridgehead atoms. The van der Waals surface area contributed by atoms with Crippen LogP contribution in [0.2, 0.25) is 0 Å². The fraction of sp³-hybridized carbons (Fsp3) is 0.448. The molecular weight excluding hydrogens is 452 g/mol. The Kier molecular flexibility index (Phi) is 6.31. The number of H-pyrrole nitrogens is 1. The van der Waals surface area contributed by atoms with Crippen LogP contribution in [0.25, 0.3) is 22.5 Å². The number of aromatic amines is 1. The minimum atomic E-state index is 0.0210. The third-order valence-electron chi connectivity index (χ3n) is 8.05. The van der Waals surface area contributed by atoms with E-state index in [1.165, 1.54) is 38.5 Å². The van der Waals surface area contributed by atoms with Gasteiger partial charge < -0.3 is 15.6 Å². The highest BCUT2D eigenvalue weighted by molar-refractivity contribution is 7.99. The third-order valence-corrected chi connectivity index (χ3v) is 9.01. The molecule has 0 atom stereocenters. The summed E-state index contributed by atoms with van der Waals surface area (Å²) in [4.78, 5) is 21.1. The van der Waals surface area contributed by atoms with E-state index in [2.05, 4.69) is 52.0 Å². The Morgan fingerprint density at radius 1 is 0.914 bits per heavy atom. The van der Waals surface area contributed by atoms with Crippen LogP contribution < -0.4 is 10.6 Å². The van der Waals surface area contributed by atoms with Gasteiger partial charge in [-0.1, -0.05) is 72.4 Å². The average Bonchev–Trinajstić information content (AvgIpc) is 3.28. The van der Waals surface area contributed by atoms with Gasteiger partial charge >= 0.3 is 6.03 Å². The SMILES string of the molecule is O=C(NCCCSc1nc(-c2ccccc2)c(-c2ccccc2)[nH]1)NC12CC3CC(CC(C3)C1)C2. The molecule has 0 unspecified atom stereocenters. The van der Waals surface area contributed by atoms with Gasteiger partial charge in [0, 0.05) is 29.0 Å². The number of aromatic nitrogens is 2. The van der Waals surface area contributed by atoms with Crippen molar-refractivity contribution in [2.24, 2.45) is 17.8 Å². The highest BCUT2D eigenvalue weighted by Crippen LogP contribution is 2.55. The Bertz CT molecular complexity index is 1070. The predicted octanol–water partition coefficient (Wildman–Crippen LogP) is 6.49. The summed E-state index contributed by atoms with van der Waals surface area (Å²) in [5.41, 5.74) is 4.34. The molecule has 1 aromatic heterocycles. The highest BCUT2D eigenvalue weighted by atomic mass is 32.2. The standard InChI is InChI=1S/C29H34N4OS/c34-27(33-29-17-20-14-21(18-29)16-22(15-20)19-29)30-12-7-13-35-28-31-25(23-8-3-1-4-9-23)26(32-28)24-10-5-2-6-11-24/h1-6,8-11,20-22H,7,12-19H2,(H,31,32)(H2,30,33,34). The second kappa shape index (κ2) is 9.73. The Labute approximate surface area is 211 Å². The van der Waals surface area contributed by atoms with Gasteiger partial charge in [0.25, 0.3) is 0 Å². The quantitative estimate of drug-likeness (QED) is 0.252. The maximum atomic E-state index is 12.7. The number of nitrogens with one attached hydrogen (secondary N) is 3. The molecule has 6 heteroatoms. The van der Waals surface area contributed by atoms with Crippen LogP contribution in [0.15, 0.2) is 65.8 Å². The summed E-state index contributed by atoms with van der Waals surface area (Å²) in [5, 5.41) is 7.44. The summed E-state index contributed by atoms with van der Waals surface area (Å²) in [7, 11) is 0. The monoisotopic (exact) mass is 486 g/mol. The van der Waals surface area contributed by atoms with Crippen LogP contribution >= 0.6 is 11.8 Å². The van der Waals surface area contributed by atoms with Gasteiger partial charge in [-0.15, -0.1) is 0 Å². The van der Waals surface area contributed by atoms with Gasteiger partial charge in [0.1, 0.15) is 0 Å². The van der Waals surface area contributed by atoms with Crippen LogP contribution in [0.3, 0.4) is 0 Å². The lowest BCUT2D eigenvalue weighted by Crippen LogP contribution is -2.61.